The highest BCUT2D eigenvalue weighted by molar-refractivity contribution is 6.02. The number of nitrogens with one attached hydrogen (secondary N) is 2. The second kappa shape index (κ2) is 14.0. The molecule has 194 valence electrons. The molecule has 2 aliphatic rings. The van der Waals surface area contributed by atoms with Gasteiger partial charge in [-0.2, -0.15) is 0 Å². The minimum atomic E-state index is -1.12. The second-order valence-corrected chi connectivity index (χ2v) is 9.31. The van der Waals surface area contributed by atoms with E-state index in [0.717, 1.165) is 38.3 Å². The van der Waals surface area contributed by atoms with Crippen molar-refractivity contribution in [2.45, 2.75) is 70.4 Å². The predicted molar refractivity (Wildman–Crippen MR) is 133 cm³/mol. The third-order valence-corrected chi connectivity index (χ3v) is 6.71. The van der Waals surface area contributed by atoms with E-state index in [4.69, 9.17) is 9.47 Å². The number of unbranched alkanes of at least 4 members (excludes halogenated alkanes) is 3. The fourth-order valence-corrected chi connectivity index (χ4v) is 4.83. The fraction of sp³-hybridized carbons (Fsp3) is 0.654. The summed E-state index contributed by atoms with van der Waals surface area (Å²) in [6, 6.07) is 5.33. The van der Waals surface area contributed by atoms with Gasteiger partial charge in [-0.1, -0.05) is 44.2 Å². The van der Waals surface area contributed by atoms with Crippen LogP contribution in [0.3, 0.4) is 0 Å². The number of carboxylic acids is 1. The maximum absolute atomic E-state index is 13.3. The molecule has 2 heterocycles. The molecule has 2 aliphatic heterocycles. The number of nitrogens with zero attached hydrogens (tertiary/aromatic N) is 1. The minimum Gasteiger partial charge on any atom is -0.489 e. The lowest BCUT2D eigenvalue weighted by molar-refractivity contribution is -0.146. The molecule has 1 amide bonds. The number of carbonyl (C=O) groups excluding carboxylic acids is 2. The Morgan fingerprint density at radius 3 is 2.69 bits per heavy atom. The Morgan fingerprint density at radius 1 is 1.20 bits per heavy atom. The molecule has 3 rings (SSSR count). The zero-order valence-corrected chi connectivity index (χ0v) is 20.7. The molecule has 0 aliphatic carbocycles. The zero-order valence-electron chi connectivity index (χ0n) is 20.7. The van der Waals surface area contributed by atoms with E-state index in [0.29, 0.717) is 17.9 Å². The summed E-state index contributed by atoms with van der Waals surface area (Å²) in [6.07, 6.45) is 8.48. The van der Waals surface area contributed by atoms with Crippen LogP contribution in [0.25, 0.3) is 0 Å². The molecule has 35 heavy (non-hydrogen) atoms. The minimum absolute atomic E-state index is 0.00187. The van der Waals surface area contributed by atoms with E-state index in [1.54, 1.807) is 31.2 Å². The van der Waals surface area contributed by atoms with Crippen LogP contribution in [-0.2, 0) is 19.1 Å². The van der Waals surface area contributed by atoms with E-state index < -0.39 is 36.5 Å². The monoisotopic (exact) mass is 489 g/mol. The summed E-state index contributed by atoms with van der Waals surface area (Å²) < 4.78 is 11.1. The summed E-state index contributed by atoms with van der Waals surface area (Å²) in [5, 5.41) is 15.9. The molecule has 1 aromatic carbocycles. The largest absolute Gasteiger partial charge is 0.489 e. The maximum atomic E-state index is 13.3. The molecule has 0 radical (unpaired) electrons. The van der Waals surface area contributed by atoms with Gasteiger partial charge in [0.1, 0.15) is 31.0 Å². The standard InChI is InChI=1S/C26H39N3O6/c1-2-34-26(33)20(10-6-4-3-5-9-19-13-15-27-16-14-19)28-21-18-35-23-12-8-7-11-22(23)29(25(21)32)17-24(30)31/h7-8,11-12,19-21,27-28H,2-6,9-10,13-18H2,1H3,(H,30,31)/t20?,21-/m0/s1. The molecule has 0 saturated carbocycles. The Labute approximate surface area is 207 Å². The Balaban J connectivity index is 1.56. The van der Waals surface area contributed by atoms with Crippen LogP contribution in [0.5, 0.6) is 5.75 Å². The van der Waals surface area contributed by atoms with Gasteiger partial charge in [-0.3, -0.25) is 24.6 Å². The number of esters is 1. The molecule has 1 unspecified atom stereocenters. The van der Waals surface area contributed by atoms with Gasteiger partial charge < -0.3 is 19.9 Å². The SMILES string of the molecule is CCOC(=O)C(CCCCCCC1CCNCC1)N[C@H]1COc2ccccc2N(CC(=O)O)C1=O. The highest BCUT2D eigenvalue weighted by atomic mass is 16.5. The highest BCUT2D eigenvalue weighted by Gasteiger charge is 2.35. The van der Waals surface area contributed by atoms with Crippen molar-refractivity contribution in [3.8, 4) is 5.75 Å². The Bertz CT molecular complexity index is 842. The predicted octanol–water partition coefficient (Wildman–Crippen LogP) is 2.73. The van der Waals surface area contributed by atoms with Gasteiger partial charge in [0.15, 0.2) is 0 Å². The van der Waals surface area contributed by atoms with Gasteiger partial charge in [0.2, 0.25) is 5.91 Å². The molecule has 2 atom stereocenters. The number of hydrogen-bond acceptors (Lipinski definition) is 7. The van der Waals surface area contributed by atoms with Crippen LogP contribution in [0.1, 0.15) is 58.3 Å². The van der Waals surface area contributed by atoms with E-state index in [1.165, 1.54) is 30.6 Å². The number of para-hydroxylation sites is 2. The van der Waals surface area contributed by atoms with E-state index in [9.17, 15) is 19.5 Å². The van der Waals surface area contributed by atoms with Gasteiger partial charge in [-0.05, 0) is 57.3 Å². The number of piperidine rings is 1. The fourth-order valence-electron chi connectivity index (χ4n) is 4.83. The first-order valence-electron chi connectivity index (χ1n) is 12.9. The molecule has 1 saturated heterocycles. The molecule has 1 fully saturated rings. The topological polar surface area (TPSA) is 117 Å². The molecule has 3 N–H and O–H groups in total. The van der Waals surface area contributed by atoms with Gasteiger partial charge in [-0.25, -0.2) is 0 Å². The van der Waals surface area contributed by atoms with Crippen LogP contribution < -0.4 is 20.3 Å². The van der Waals surface area contributed by atoms with Crippen LogP contribution in [0.4, 0.5) is 5.69 Å². The molecule has 1 aromatic rings. The number of hydrogen-bond donors (Lipinski definition) is 3. The van der Waals surface area contributed by atoms with Crippen molar-refractivity contribution in [1.82, 2.24) is 10.6 Å². The first kappa shape index (κ1) is 26.9. The van der Waals surface area contributed by atoms with Crippen LogP contribution >= 0.6 is 0 Å². The summed E-state index contributed by atoms with van der Waals surface area (Å²) in [4.78, 5) is 38.6. The third kappa shape index (κ3) is 8.21. The van der Waals surface area contributed by atoms with Crippen LogP contribution in [0, 0.1) is 5.92 Å². The van der Waals surface area contributed by atoms with Crippen molar-refractivity contribution in [2.24, 2.45) is 5.92 Å². The van der Waals surface area contributed by atoms with E-state index in [1.807, 2.05) is 0 Å². The summed E-state index contributed by atoms with van der Waals surface area (Å²) in [6.45, 7) is 3.75. The first-order valence-corrected chi connectivity index (χ1v) is 12.9. The summed E-state index contributed by atoms with van der Waals surface area (Å²) in [7, 11) is 0. The van der Waals surface area contributed by atoms with Crippen molar-refractivity contribution in [3.05, 3.63) is 24.3 Å². The number of fused-ring (bicyclic) bond motifs is 1. The highest BCUT2D eigenvalue weighted by Crippen LogP contribution is 2.31. The van der Waals surface area contributed by atoms with Crippen molar-refractivity contribution in [1.29, 1.82) is 0 Å². The van der Waals surface area contributed by atoms with Crippen molar-refractivity contribution in [2.75, 3.05) is 37.7 Å². The normalized spacial score (nSPS) is 19.4. The first-order chi connectivity index (χ1) is 17.0. The van der Waals surface area contributed by atoms with Crippen LogP contribution in [-0.4, -0.2) is 67.9 Å². The molecule has 0 bridgehead atoms. The molecule has 9 heteroatoms. The Hall–Kier alpha value is -2.65. The third-order valence-electron chi connectivity index (χ3n) is 6.71. The summed E-state index contributed by atoms with van der Waals surface area (Å²) in [5.74, 6) is -0.701. The lowest BCUT2D eigenvalue weighted by Crippen LogP contribution is -2.54. The van der Waals surface area contributed by atoms with Gasteiger partial charge in [0, 0.05) is 0 Å². The van der Waals surface area contributed by atoms with E-state index in [2.05, 4.69) is 10.6 Å². The number of amides is 1. The maximum Gasteiger partial charge on any atom is 0.323 e. The number of ether oxygens (including phenoxy) is 2. The van der Waals surface area contributed by atoms with Gasteiger partial charge in [0.25, 0.3) is 0 Å². The van der Waals surface area contributed by atoms with Crippen molar-refractivity contribution >= 4 is 23.5 Å². The molecule has 0 aromatic heterocycles. The van der Waals surface area contributed by atoms with E-state index in [-0.39, 0.29) is 13.2 Å². The van der Waals surface area contributed by atoms with Crippen molar-refractivity contribution in [3.63, 3.8) is 0 Å². The zero-order chi connectivity index (χ0) is 25.0. The average molecular weight is 490 g/mol. The molecule has 9 nitrogen and oxygen atoms in total. The van der Waals surface area contributed by atoms with Gasteiger partial charge in [0.05, 0.1) is 12.3 Å². The van der Waals surface area contributed by atoms with E-state index >= 15 is 0 Å². The Kier molecular flexibility index (Phi) is 10.8. The Morgan fingerprint density at radius 2 is 1.94 bits per heavy atom. The lowest BCUT2D eigenvalue weighted by Gasteiger charge is -2.26. The van der Waals surface area contributed by atoms with Gasteiger partial charge in [-0.15, -0.1) is 0 Å². The van der Waals surface area contributed by atoms with Crippen molar-refractivity contribution < 1.29 is 29.0 Å². The number of aliphatic carboxylic acids is 1. The number of carboxylic acid groups (broad SMARTS) is 1. The van der Waals surface area contributed by atoms with Gasteiger partial charge >= 0.3 is 11.9 Å². The van der Waals surface area contributed by atoms with Crippen LogP contribution in [0.15, 0.2) is 24.3 Å². The molecular weight excluding hydrogens is 450 g/mol. The number of anilines is 1. The number of benzene rings is 1. The quantitative estimate of drug-likeness (QED) is 0.286. The summed E-state index contributed by atoms with van der Waals surface area (Å²) in [5.41, 5.74) is 0.408. The number of rotatable bonds is 13. The average Bonchev–Trinajstić information content (AvgIpc) is 2.98. The smallest absolute Gasteiger partial charge is 0.323 e. The summed E-state index contributed by atoms with van der Waals surface area (Å²) >= 11 is 0. The molecular formula is C26H39N3O6. The van der Waals surface area contributed by atoms with Crippen LogP contribution in [0.2, 0.25) is 0 Å². The lowest BCUT2D eigenvalue weighted by atomic mass is 9.92. The second-order valence-electron chi connectivity index (χ2n) is 9.31. The number of carbonyl (C=O) groups is 3. The molecule has 0 spiro atoms.